The van der Waals surface area contributed by atoms with Crippen molar-refractivity contribution >= 4 is 10.0 Å². The van der Waals surface area contributed by atoms with Gasteiger partial charge in [-0.05, 0) is 6.42 Å². The van der Waals surface area contributed by atoms with Gasteiger partial charge in [0.05, 0.1) is 6.26 Å². The largest absolute Gasteiger partial charge is 0.224 e. The molecule has 0 spiro atoms. The molecule has 0 amide bonds. The lowest BCUT2D eigenvalue weighted by atomic mass is 10.3. The summed E-state index contributed by atoms with van der Waals surface area (Å²) in [7, 11) is -3.07. The van der Waals surface area contributed by atoms with E-state index in [0.29, 0.717) is 6.54 Å². The van der Waals surface area contributed by atoms with E-state index in [4.69, 9.17) is 0 Å². The van der Waals surface area contributed by atoms with Crippen LogP contribution in [0.2, 0.25) is 0 Å². The van der Waals surface area contributed by atoms with E-state index in [9.17, 15) is 8.42 Å². The van der Waals surface area contributed by atoms with Gasteiger partial charge in [0.2, 0.25) is 10.0 Å². The Labute approximate surface area is 56.5 Å². The Morgan fingerprint density at radius 3 is 2.33 bits per heavy atom. The Bertz CT molecular complexity index is 150. The van der Waals surface area contributed by atoms with Gasteiger partial charge in [-0.2, -0.15) is 0 Å². The highest BCUT2D eigenvalue weighted by Gasteiger charge is 1.98. The van der Waals surface area contributed by atoms with Crippen LogP contribution in [0.4, 0.5) is 0 Å². The van der Waals surface area contributed by atoms with Crippen LogP contribution in [0, 0.1) is 0 Å². The molecule has 0 aromatic heterocycles. The average Bonchev–Trinajstić information content (AvgIpc) is 1.63. The number of hydrogen-bond donors (Lipinski definition) is 0. The maximum atomic E-state index is 10.3. The lowest BCUT2D eigenvalue weighted by molar-refractivity contribution is 0.582. The van der Waals surface area contributed by atoms with E-state index < -0.39 is 10.0 Å². The standard InChI is InChI=1S/C5H12NO2S/c1-3-4-5-6-9(2,7)8/h3-5H2,1-2H3. The molecule has 4 heteroatoms. The van der Waals surface area contributed by atoms with Gasteiger partial charge in [0.25, 0.3) is 0 Å². The van der Waals surface area contributed by atoms with Gasteiger partial charge in [-0.15, -0.1) is 4.72 Å². The molecule has 0 aliphatic rings. The topological polar surface area (TPSA) is 48.2 Å². The first-order valence-corrected chi connectivity index (χ1v) is 4.80. The normalized spacial score (nSPS) is 11.8. The van der Waals surface area contributed by atoms with E-state index >= 15 is 0 Å². The highest BCUT2D eigenvalue weighted by Crippen LogP contribution is 1.85. The van der Waals surface area contributed by atoms with Crippen molar-refractivity contribution in [2.75, 3.05) is 12.8 Å². The van der Waals surface area contributed by atoms with Crippen molar-refractivity contribution in [1.29, 1.82) is 0 Å². The molecule has 3 nitrogen and oxygen atoms in total. The van der Waals surface area contributed by atoms with E-state index in [1.54, 1.807) is 0 Å². The molecule has 0 N–H and O–H groups in total. The number of nitrogens with zero attached hydrogens (tertiary/aromatic N) is 1. The second-order valence-electron chi connectivity index (χ2n) is 1.94. The van der Waals surface area contributed by atoms with Crippen molar-refractivity contribution < 1.29 is 8.42 Å². The minimum absolute atomic E-state index is 0.440. The van der Waals surface area contributed by atoms with Crippen LogP contribution in [0.15, 0.2) is 0 Å². The predicted molar refractivity (Wildman–Crippen MR) is 36.8 cm³/mol. The van der Waals surface area contributed by atoms with Crippen molar-refractivity contribution in [2.24, 2.45) is 0 Å². The molecule has 0 rings (SSSR count). The van der Waals surface area contributed by atoms with Gasteiger partial charge in [-0.25, -0.2) is 8.42 Å². The molecule has 1 radical (unpaired) electrons. The van der Waals surface area contributed by atoms with Crippen LogP contribution < -0.4 is 4.72 Å². The zero-order valence-electron chi connectivity index (χ0n) is 5.79. The zero-order chi connectivity index (χ0) is 7.33. The number of hydrogen-bond acceptors (Lipinski definition) is 2. The van der Waals surface area contributed by atoms with E-state index in [1.807, 2.05) is 6.92 Å². The third-order valence-electron chi connectivity index (χ3n) is 0.837. The molecule has 0 unspecified atom stereocenters. The molecule has 0 saturated carbocycles. The summed E-state index contributed by atoms with van der Waals surface area (Å²) < 4.78 is 24.1. The second kappa shape index (κ2) is 3.85. The number of unbranched alkanes of at least 4 members (excludes halogenated alkanes) is 1. The highest BCUT2D eigenvalue weighted by atomic mass is 32.2. The monoisotopic (exact) mass is 150 g/mol. The van der Waals surface area contributed by atoms with Crippen LogP contribution in [-0.4, -0.2) is 21.2 Å². The Hall–Kier alpha value is -0.0900. The van der Waals surface area contributed by atoms with Crippen molar-refractivity contribution in [2.45, 2.75) is 19.8 Å². The summed E-state index contributed by atoms with van der Waals surface area (Å²) in [5.41, 5.74) is 0. The molecule has 55 valence electrons. The van der Waals surface area contributed by atoms with Crippen LogP contribution in [0.1, 0.15) is 19.8 Å². The summed E-state index contributed by atoms with van der Waals surface area (Å²) in [5.74, 6) is 0. The summed E-state index contributed by atoms with van der Waals surface area (Å²) in [5, 5.41) is 0. The van der Waals surface area contributed by atoms with E-state index in [1.165, 1.54) is 0 Å². The SMILES string of the molecule is CCCC[N]S(C)(=O)=O. The summed E-state index contributed by atoms with van der Waals surface area (Å²) in [6.45, 7) is 2.44. The highest BCUT2D eigenvalue weighted by molar-refractivity contribution is 7.88. The maximum Gasteiger partial charge on any atom is 0.224 e. The lowest BCUT2D eigenvalue weighted by Gasteiger charge is -1.94. The minimum atomic E-state index is -3.07. The molecule has 9 heavy (non-hydrogen) atoms. The van der Waals surface area contributed by atoms with Crippen molar-refractivity contribution in [3.8, 4) is 0 Å². The Morgan fingerprint density at radius 1 is 1.44 bits per heavy atom. The first kappa shape index (κ1) is 8.91. The molecule has 0 aromatic rings. The minimum Gasteiger partial charge on any atom is -0.211 e. The van der Waals surface area contributed by atoms with Crippen LogP contribution >= 0.6 is 0 Å². The molecule has 0 atom stereocenters. The van der Waals surface area contributed by atoms with Crippen molar-refractivity contribution in [3.63, 3.8) is 0 Å². The van der Waals surface area contributed by atoms with Gasteiger partial charge in [0, 0.05) is 6.54 Å². The quantitative estimate of drug-likeness (QED) is 0.543. The van der Waals surface area contributed by atoms with Gasteiger partial charge in [0.15, 0.2) is 0 Å². The number of rotatable bonds is 4. The Kier molecular flexibility index (Phi) is 3.81. The summed E-state index contributed by atoms with van der Waals surface area (Å²) in [6.07, 6.45) is 2.95. The van der Waals surface area contributed by atoms with E-state index in [2.05, 4.69) is 4.72 Å². The van der Waals surface area contributed by atoms with Crippen LogP contribution in [-0.2, 0) is 10.0 Å². The van der Waals surface area contributed by atoms with Gasteiger partial charge in [-0.3, -0.25) is 0 Å². The van der Waals surface area contributed by atoms with Crippen molar-refractivity contribution in [1.82, 2.24) is 4.72 Å². The molecule has 0 fully saturated rings. The molecule has 0 heterocycles. The van der Waals surface area contributed by atoms with Crippen LogP contribution in [0.25, 0.3) is 0 Å². The molecule has 0 aromatic carbocycles. The van der Waals surface area contributed by atoms with Crippen LogP contribution in [0.3, 0.4) is 0 Å². The molecular weight excluding hydrogens is 138 g/mol. The summed E-state index contributed by atoms with van der Waals surface area (Å²) >= 11 is 0. The molecule has 0 aliphatic heterocycles. The second-order valence-corrected chi connectivity index (χ2v) is 3.66. The number of sulfonamides is 1. The van der Waals surface area contributed by atoms with E-state index in [0.717, 1.165) is 19.1 Å². The Morgan fingerprint density at radius 2 is 2.00 bits per heavy atom. The maximum absolute atomic E-state index is 10.3. The fourth-order valence-corrected chi connectivity index (χ4v) is 0.849. The fourth-order valence-electron chi connectivity index (χ4n) is 0.388. The molecule has 0 bridgehead atoms. The van der Waals surface area contributed by atoms with Gasteiger partial charge >= 0.3 is 0 Å². The zero-order valence-corrected chi connectivity index (χ0v) is 6.61. The van der Waals surface area contributed by atoms with Gasteiger partial charge < -0.3 is 0 Å². The smallest absolute Gasteiger partial charge is 0.211 e. The Balaban J connectivity index is 3.30. The first-order chi connectivity index (χ1) is 4.06. The third kappa shape index (κ3) is 7.91. The third-order valence-corrected chi connectivity index (χ3v) is 1.49. The summed E-state index contributed by atoms with van der Waals surface area (Å²) in [6, 6.07) is 0. The lowest BCUT2D eigenvalue weighted by Crippen LogP contribution is -2.14. The van der Waals surface area contributed by atoms with Gasteiger partial charge in [-0.1, -0.05) is 13.3 Å². The fraction of sp³-hybridized carbons (Fsp3) is 1.00. The average molecular weight is 150 g/mol. The van der Waals surface area contributed by atoms with Gasteiger partial charge in [0.1, 0.15) is 0 Å². The predicted octanol–water partition coefficient (Wildman–Crippen LogP) is 0.351. The van der Waals surface area contributed by atoms with Crippen molar-refractivity contribution in [3.05, 3.63) is 0 Å². The molecule has 0 saturated heterocycles. The first-order valence-electron chi connectivity index (χ1n) is 2.95. The summed E-state index contributed by atoms with van der Waals surface area (Å²) in [4.78, 5) is 0. The van der Waals surface area contributed by atoms with E-state index in [-0.39, 0.29) is 0 Å². The molecular formula is C5H12NO2S. The molecule has 0 aliphatic carbocycles. The van der Waals surface area contributed by atoms with Crippen LogP contribution in [0.5, 0.6) is 0 Å².